The number of H-pyrrole nitrogens is 1. The maximum Gasteiger partial charge on any atom is 0.284 e. The van der Waals surface area contributed by atoms with Crippen molar-refractivity contribution in [3.63, 3.8) is 0 Å². The maximum absolute atomic E-state index is 9.91. The molecule has 3 aromatic rings. The van der Waals surface area contributed by atoms with E-state index in [1.165, 1.54) is 10.5 Å². The summed E-state index contributed by atoms with van der Waals surface area (Å²) in [4.78, 5) is 11.1. The summed E-state index contributed by atoms with van der Waals surface area (Å²) in [6.45, 7) is 4.47. The number of rotatable bonds is 5. The van der Waals surface area contributed by atoms with Crippen molar-refractivity contribution in [2.24, 2.45) is 0 Å². The van der Waals surface area contributed by atoms with E-state index in [1.54, 1.807) is 13.2 Å². The van der Waals surface area contributed by atoms with Crippen LogP contribution in [0.3, 0.4) is 0 Å². The van der Waals surface area contributed by atoms with Crippen molar-refractivity contribution in [3.8, 4) is 11.9 Å². The van der Waals surface area contributed by atoms with E-state index in [1.807, 2.05) is 18.2 Å². The summed E-state index contributed by atoms with van der Waals surface area (Å²) >= 11 is 0. The second-order valence-electron chi connectivity index (χ2n) is 7.60. The van der Waals surface area contributed by atoms with Crippen LogP contribution in [0.25, 0.3) is 16.8 Å². The first-order chi connectivity index (χ1) is 15.1. The molecule has 1 aliphatic rings. The quantitative estimate of drug-likeness (QED) is 0.557. The summed E-state index contributed by atoms with van der Waals surface area (Å²) in [5, 5.41) is 11.1. The number of fused-ring (bicyclic) bond motifs is 1. The fraction of sp³-hybridized carbons (Fsp3) is 0.261. The van der Waals surface area contributed by atoms with Gasteiger partial charge in [0, 0.05) is 11.5 Å². The molecule has 31 heavy (non-hydrogen) atoms. The largest absolute Gasteiger partial charge is 0.466 e. The van der Waals surface area contributed by atoms with Gasteiger partial charge in [-0.3, -0.25) is 5.73 Å². The molecule has 1 aromatic carbocycles. The predicted octanol–water partition coefficient (Wildman–Crippen LogP) is 0.512. The molecular weight excluding hydrogens is 390 g/mol. The molecule has 6 N–H and O–H groups in total. The van der Waals surface area contributed by atoms with Gasteiger partial charge in [0.1, 0.15) is 28.7 Å². The average Bonchev–Trinajstić information content (AvgIpc) is 2.79. The van der Waals surface area contributed by atoms with Gasteiger partial charge in [0.2, 0.25) is 0 Å². The average molecular weight is 418 g/mol. The number of piperazine rings is 1. The Morgan fingerprint density at radius 1 is 1.26 bits per heavy atom. The number of nitrogen functional groups attached to an aromatic ring is 2. The van der Waals surface area contributed by atoms with Crippen LogP contribution >= 0.6 is 0 Å². The molecule has 0 saturated carbocycles. The van der Waals surface area contributed by atoms with Crippen molar-refractivity contribution in [1.82, 2.24) is 4.98 Å². The van der Waals surface area contributed by atoms with Gasteiger partial charge in [-0.05, 0) is 11.6 Å². The second-order valence-corrected chi connectivity index (χ2v) is 7.60. The molecule has 2 aromatic heterocycles. The normalized spacial score (nSPS) is 14.8. The van der Waals surface area contributed by atoms with Crippen molar-refractivity contribution in [3.05, 3.63) is 53.6 Å². The Hall–Kier alpha value is -3.83. The minimum absolute atomic E-state index is 0.306. The van der Waals surface area contributed by atoms with Crippen LogP contribution in [0.2, 0.25) is 0 Å². The standard InChI is InChI=1S/C23H25N7O/c1-31-19-14-17-18(15-24)23(28-22(26)20(17)21(25)27-19)30-12-10-29(11-13-30)9-5-8-16-6-3-2-4-7-16/h2-8,14H,9-13H2,1H3,(H2,25,27)(H2,26,28)/p+2/b8-5+. The number of hydrogen-bond donors (Lipinski definition) is 3. The van der Waals surface area contributed by atoms with Gasteiger partial charge in [-0.2, -0.15) is 5.26 Å². The molecule has 8 heteroatoms. The minimum Gasteiger partial charge on any atom is -0.466 e. The summed E-state index contributed by atoms with van der Waals surface area (Å²) in [6, 6.07) is 14.4. The van der Waals surface area contributed by atoms with Crippen molar-refractivity contribution < 1.29 is 14.6 Å². The smallest absolute Gasteiger partial charge is 0.284 e. The first-order valence-electron chi connectivity index (χ1n) is 10.3. The van der Waals surface area contributed by atoms with E-state index in [0.29, 0.717) is 39.7 Å². The molecule has 1 fully saturated rings. The third-order valence-electron chi connectivity index (χ3n) is 5.67. The highest BCUT2D eigenvalue weighted by Gasteiger charge is 2.26. The van der Waals surface area contributed by atoms with Gasteiger partial charge in [0.15, 0.2) is 0 Å². The topological polar surface area (TPSA) is 120 Å². The number of nitrogens with one attached hydrogen (secondary N) is 2. The Balaban J connectivity index is 1.52. The molecule has 4 rings (SSSR count). The Labute approximate surface area is 181 Å². The first kappa shape index (κ1) is 20.4. The highest BCUT2D eigenvalue weighted by Crippen LogP contribution is 2.33. The predicted molar refractivity (Wildman–Crippen MR) is 122 cm³/mol. The molecule has 0 bridgehead atoms. The van der Waals surface area contributed by atoms with Crippen LogP contribution in [-0.4, -0.2) is 44.8 Å². The van der Waals surface area contributed by atoms with Crippen molar-refractivity contribution in [2.75, 3.05) is 56.2 Å². The molecule has 158 valence electrons. The lowest BCUT2D eigenvalue weighted by molar-refractivity contribution is -0.894. The monoisotopic (exact) mass is 417 g/mol. The van der Waals surface area contributed by atoms with Gasteiger partial charge in [0.05, 0.1) is 39.8 Å². The first-order valence-corrected chi connectivity index (χ1v) is 10.3. The molecule has 0 atom stereocenters. The van der Waals surface area contributed by atoms with Gasteiger partial charge in [-0.25, -0.2) is 9.97 Å². The highest BCUT2D eigenvalue weighted by atomic mass is 16.5. The summed E-state index contributed by atoms with van der Waals surface area (Å²) < 4.78 is 5.28. The molecule has 0 amide bonds. The lowest BCUT2D eigenvalue weighted by atomic mass is 10.1. The van der Waals surface area contributed by atoms with Crippen LogP contribution < -0.4 is 31.0 Å². The number of ether oxygens (including phenoxy) is 1. The number of nitrogens with zero attached hydrogens (tertiary/aromatic N) is 3. The van der Waals surface area contributed by atoms with Gasteiger partial charge in [-0.15, -0.1) is 0 Å². The molecule has 0 aliphatic carbocycles. The number of aromatic nitrogens is 2. The van der Waals surface area contributed by atoms with E-state index in [2.05, 4.69) is 45.2 Å². The van der Waals surface area contributed by atoms with Crippen LogP contribution in [0.15, 0.2) is 42.5 Å². The number of quaternary nitrogens is 1. The summed E-state index contributed by atoms with van der Waals surface area (Å²) in [5.41, 5.74) is 14.0. The molecule has 0 spiro atoms. The van der Waals surface area contributed by atoms with Crippen molar-refractivity contribution in [2.45, 2.75) is 0 Å². The molecular formula is C23H27N7O+2. The maximum atomic E-state index is 9.91. The van der Waals surface area contributed by atoms with Crippen LogP contribution in [-0.2, 0) is 0 Å². The summed E-state index contributed by atoms with van der Waals surface area (Å²) in [5.74, 6) is 1.72. The molecule has 1 aliphatic heterocycles. The Morgan fingerprint density at radius 2 is 2.00 bits per heavy atom. The number of nitriles is 1. The van der Waals surface area contributed by atoms with Crippen LogP contribution in [0.5, 0.6) is 5.88 Å². The minimum atomic E-state index is 0.306. The third-order valence-corrected chi connectivity index (χ3v) is 5.67. The van der Waals surface area contributed by atoms with E-state index < -0.39 is 0 Å². The lowest BCUT2D eigenvalue weighted by Crippen LogP contribution is -3.14. The number of benzene rings is 1. The SMILES string of the molecule is COc1cc2c(C#N)c(N3CC[NH+](C/C=C/c4ccccc4)CC3)nc(N)c2c(N)[nH+]1. The summed E-state index contributed by atoms with van der Waals surface area (Å²) in [6.07, 6.45) is 4.38. The molecule has 8 nitrogen and oxygen atoms in total. The number of anilines is 3. The van der Waals surface area contributed by atoms with Gasteiger partial charge in [0.25, 0.3) is 11.7 Å². The number of hydrogen-bond acceptors (Lipinski definition) is 6. The number of aromatic amines is 1. The van der Waals surface area contributed by atoms with Gasteiger partial charge in [-0.1, -0.05) is 36.4 Å². The fourth-order valence-electron chi connectivity index (χ4n) is 4.01. The number of methoxy groups -OCH3 is 1. The zero-order valence-electron chi connectivity index (χ0n) is 17.6. The van der Waals surface area contributed by atoms with E-state index in [9.17, 15) is 5.26 Å². The summed E-state index contributed by atoms with van der Waals surface area (Å²) in [7, 11) is 1.54. The van der Waals surface area contributed by atoms with Crippen LogP contribution in [0.4, 0.5) is 17.5 Å². The Kier molecular flexibility index (Phi) is 5.87. The Morgan fingerprint density at radius 3 is 2.68 bits per heavy atom. The van der Waals surface area contributed by atoms with Crippen LogP contribution in [0, 0.1) is 11.3 Å². The van der Waals surface area contributed by atoms with Gasteiger partial charge < -0.3 is 20.3 Å². The molecule has 0 radical (unpaired) electrons. The molecule has 3 heterocycles. The highest BCUT2D eigenvalue weighted by molar-refractivity contribution is 6.03. The van der Waals surface area contributed by atoms with Gasteiger partial charge >= 0.3 is 0 Å². The van der Waals surface area contributed by atoms with E-state index in [0.717, 1.165) is 32.7 Å². The zero-order chi connectivity index (χ0) is 21.8. The second kappa shape index (κ2) is 8.90. The number of nitrogens with two attached hydrogens (primary N) is 2. The van der Waals surface area contributed by atoms with Crippen LogP contribution in [0.1, 0.15) is 11.1 Å². The zero-order valence-corrected chi connectivity index (χ0v) is 17.6. The lowest BCUT2D eigenvalue weighted by Gasteiger charge is -2.33. The fourth-order valence-corrected chi connectivity index (χ4v) is 4.01. The molecule has 1 saturated heterocycles. The van der Waals surface area contributed by atoms with Crippen molar-refractivity contribution >= 4 is 34.3 Å². The van der Waals surface area contributed by atoms with E-state index >= 15 is 0 Å². The molecule has 0 unspecified atom stereocenters. The third kappa shape index (κ3) is 4.22. The van der Waals surface area contributed by atoms with Crippen molar-refractivity contribution in [1.29, 1.82) is 5.26 Å². The number of pyridine rings is 2. The van der Waals surface area contributed by atoms with E-state index in [-0.39, 0.29) is 0 Å². The van der Waals surface area contributed by atoms with E-state index in [4.69, 9.17) is 16.2 Å². The Bertz CT molecular complexity index is 1150.